The van der Waals surface area contributed by atoms with Gasteiger partial charge in [0, 0.05) is 17.3 Å². The quantitative estimate of drug-likeness (QED) is 0.530. The molecule has 27 heavy (non-hydrogen) atoms. The van der Waals surface area contributed by atoms with Crippen molar-refractivity contribution in [1.29, 1.82) is 0 Å². The topological polar surface area (TPSA) is 72.7 Å². The predicted molar refractivity (Wildman–Crippen MR) is 111 cm³/mol. The highest BCUT2D eigenvalue weighted by Crippen LogP contribution is 2.40. The first-order valence-corrected chi connectivity index (χ1v) is 10.9. The molecular weight excluding hydrogens is 378 g/mol. The maximum atomic E-state index is 12.5. The van der Waals surface area contributed by atoms with Crippen LogP contribution in [0.4, 0.5) is 5.69 Å². The molecule has 0 saturated heterocycles. The molecule has 3 aromatic rings. The van der Waals surface area contributed by atoms with Gasteiger partial charge in [0.05, 0.1) is 22.8 Å². The number of rotatable bonds is 4. The summed E-state index contributed by atoms with van der Waals surface area (Å²) in [6.07, 6.45) is 5.03. The van der Waals surface area contributed by atoms with Crippen molar-refractivity contribution in [3.63, 3.8) is 0 Å². The minimum atomic E-state index is -0.0383. The van der Waals surface area contributed by atoms with E-state index in [1.54, 1.807) is 22.3 Å². The maximum Gasteiger partial charge on any atom is 0.234 e. The summed E-state index contributed by atoms with van der Waals surface area (Å²) >= 11 is 3.28. The van der Waals surface area contributed by atoms with Crippen LogP contribution in [0.25, 0.3) is 10.2 Å². The maximum absolute atomic E-state index is 12.5. The molecule has 1 atom stereocenters. The van der Waals surface area contributed by atoms with Crippen LogP contribution in [0.1, 0.15) is 35.2 Å². The monoisotopic (exact) mass is 401 g/mol. The fraction of sp³-hybridized carbons (Fsp3) is 0.474. The van der Waals surface area contributed by atoms with Gasteiger partial charge in [-0.05, 0) is 44.6 Å². The van der Waals surface area contributed by atoms with E-state index in [2.05, 4.69) is 27.3 Å². The zero-order valence-electron chi connectivity index (χ0n) is 16.0. The number of amides is 1. The van der Waals surface area contributed by atoms with Crippen LogP contribution in [-0.2, 0) is 24.7 Å². The molecule has 0 saturated carbocycles. The highest BCUT2D eigenvalue weighted by atomic mass is 32.2. The molecular formula is C19H23N5OS2. The number of hydrogen-bond acceptors (Lipinski definition) is 6. The molecule has 1 N–H and O–H groups in total. The van der Waals surface area contributed by atoms with Crippen molar-refractivity contribution in [2.75, 3.05) is 11.1 Å². The Bertz CT molecular complexity index is 1020. The summed E-state index contributed by atoms with van der Waals surface area (Å²) in [7, 11) is 1.88. The van der Waals surface area contributed by atoms with Crippen LogP contribution in [0.3, 0.4) is 0 Å². The van der Waals surface area contributed by atoms with Crippen molar-refractivity contribution in [2.45, 2.75) is 45.1 Å². The van der Waals surface area contributed by atoms with E-state index in [-0.39, 0.29) is 5.91 Å². The number of nitrogens with zero attached hydrogens (tertiary/aromatic N) is 4. The minimum Gasteiger partial charge on any atom is -0.322 e. The number of aryl methyl sites for hydroxylation is 3. The van der Waals surface area contributed by atoms with Gasteiger partial charge in [0.1, 0.15) is 16.2 Å². The summed E-state index contributed by atoms with van der Waals surface area (Å²) in [5.74, 6) is 1.01. The summed E-state index contributed by atoms with van der Waals surface area (Å²) in [6, 6.07) is 0. The number of hydrogen-bond donors (Lipinski definition) is 1. The Balaban J connectivity index is 1.53. The van der Waals surface area contributed by atoms with E-state index in [9.17, 15) is 4.79 Å². The molecule has 0 fully saturated rings. The van der Waals surface area contributed by atoms with Crippen molar-refractivity contribution < 1.29 is 4.79 Å². The first-order valence-electron chi connectivity index (χ1n) is 9.12. The number of carbonyl (C=O) groups excluding carboxylic acids is 1. The Labute approximate surface area is 166 Å². The van der Waals surface area contributed by atoms with Crippen molar-refractivity contribution >= 4 is 44.9 Å². The number of anilines is 1. The van der Waals surface area contributed by atoms with Gasteiger partial charge in [-0.3, -0.25) is 9.48 Å². The number of thioether (sulfide) groups is 1. The molecule has 0 bridgehead atoms. The van der Waals surface area contributed by atoms with Gasteiger partial charge in [0.15, 0.2) is 0 Å². The molecule has 1 aliphatic rings. The zero-order chi connectivity index (χ0) is 19.1. The molecule has 4 rings (SSSR count). The lowest BCUT2D eigenvalue weighted by molar-refractivity contribution is -0.113. The van der Waals surface area contributed by atoms with Crippen LogP contribution < -0.4 is 5.32 Å². The van der Waals surface area contributed by atoms with Crippen LogP contribution in [0.5, 0.6) is 0 Å². The van der Waals surface area contributed by atoms with E-state index >= 15 is 0 Å². The van der Waals surface area contributed by atoms with Gasteiger partial charge >= 0.3 is 0 Å². The first kappa shape index (κ1) is 18.4. The van der Waals surface area contributed by atoms with Crippen LogP contribution in [0, 0.1) is 19.8 Å². The highest BCUT2D eigenvalue weighted by Gasteiger charge is 2.23. The molecule has 8 heteroatoms. The van der Waals surface area contributed by atoms with E-state index in [1.165, 1.54) is 28.6 Å². The van der Waals surface area contributed by atoms with Crippen molar-refractivity contribution in [1.82, 2.24) is 19.7 Å². The number of aromatic nitrogens is 4. The molecule has 0 aliphatic heterocycles. The third-order valence-electron chi connectivity index (χ3n) is 5.17. The third-order valence-corrected chi connectivity index (χ3v) is 7.32. The summed E-state index contributed by atoms with van der Waals surface area (Å²) in [5, 5.41) is 9.42. The number of fused-ring (bicyclic) bond motifs is 3. The Morgan fingerprint density at radius 2 is 2.22 bits per heavy atom. The molecule has 0 unspecified atom stereocenters. The van der Waals surface area contributed by atoms with E-state index in [0.29, 0.717) is 5.75 Å². The normalized spacial score (nSPS) is 16.5. The van der Waals surface area contributed by atoms with Crippen LogP contribution in [-0.4, -0.2) is 31.4 Å². The van der Waals surface area contributed by atoms with Crippen LogP contribution in [0.2, 0.25) is 0 Å². The van der Waals surface area contributed by atoms with Gasteiger partial charge in [-0.15, -0.1) is 11.3 Å². The van der Waals surface area contributed by atoms with Gasteiger partial charge in [-0.1, -0.05) is 18.7 Å². The molecule has 3 heterocycles. The molecule has 1 aliphatic carbocycles. The average molecular weight is 402 g/mol. The van der Waals surface area contributed by atoms with E-state index in [4.69, 9.17) is 0 Å². The molecule has 3 aromatic heterocycles. The lowest BCUT2D eigenvalue weighted by Crippen LogP contribution is -2.15. The highest BCUT2D eigenvalue weighted by molar-refractivity contribution is 8.00. The molecule has 142 valence electrons. The minimum absolute atomic E-state index is 0.0383. The number of thiophene rings is 1. The predicted octanol–water partition coefficient (Wildman–Crippen LogP) is 3.90. The van der Waals surface area contributed by atoms with E-state index in [0.717, 1.165) is 51.1 Å². The van der Waals surface area contributed by atoms with Gasteiger partial charge < -0.3 is 5.32 Å². The van der Waals surface area contributed by atoms with Gasteiger partial charge in [-0.25, -0.2) is 9.97 Å². The molecule has 6 nitrogen and oxygen atoms in total. The van der Waals surface area contributed by atoms with Gasteiger partial charge in [0.2, 0.25) is 5.91 Å². The zero-order valence-corrected chi connectivity index (χ0v) is 17.6. The molecule has 0 radical (unpaired) electrons. The van der Waals surface area contributed by atoms with E-state index < -0.39 is 0 Å². The molecule has 0 spiro atoms. The lowest BCUT2D eigenvalue weighted by atomic mass is 9.89. The van der Waals surface area contributed by atoms with Crippen molar-refractivity contribution in [3.8, 4) is 0 Å². The Morgan fingerprint density at radius 1 is 1.41 bits per heavy atom. The first-order chi connectivity index (χ1) is 12.9. The van der Waals surface area contributed by atoms with Crippen molar-refractivity contribution in [2.24, 2.45) is 13.0 Å². The summed E-state index contributed by atoms with van der Waals surface area (Å²) in [5.41, 5.74) is 3.99. The number of carbonyl (C=O) groups is 1. The Hall–Kier alpha value is -1.93. The Kier molecular flexibility index (Phi) is 4.94. The fourth-order valence-corrected chi connectivity index (χ4v) is 5.86. The largest absolute Gasteiger partial charge is 0.322 e. The molecule has 1 amide bonds. The van der Waals surface area contributed by atoms with Crippen molar-refractivity contribution in [3.05, 3.63) is 28.2 Å². The average Bonchev–Trinajstić information content (AvgIpc) is 3.11. The summed E-state index contributed by atoms with van der Waals surface area (Å²) in [4.78, 5) is 23.9. The summed E-state index contributed by atoms with van der Waals surface area (Å²) in [6.45, 7) is 6.17. The second kappa shape index (κ2) is 7.24. The second-order valence-corrected chi connectivity index (χ2v) is 9.26. The smallest absolute Gasteiger partial charge is 0.234 e. The summed E-state index contributed by atoms with van der Waals surface area (Å²) < 4.78 is 1.78. The second-order valence-electron chi connectivity index (χ2n) is 7.22. The SMILES string of the molecule is Cc1nn(C)c(C)c1NC(=O)CSc1ncnc2sc3c(c12)CC[C@H](C)C3. The van der Waals surface area contributed by atoms with Gasteiger partial charge in [0.25, 0.3) is 0 Å². The number of nitrogens with one attached hydrogen (secondary N) is 1. The third kappa shape index (κ3) is 3.48. The Morgan fingerprint density at radius 3 is 2.96 bits per heavy atom. The lowest BCUT2D eigenvalue weighted by Gasteiger charge is -2.18. The fourth-order valence-electron chi connectivity index (χ4n) is 3.62. The van der Waals surface area contributed by atoms with Gasteiger partial charge in [-0.2, -0.15) is 5.10 Å². The van der Waals surface area contributed by atoms with Crippen LogP contribution >= 0.6 is 23.1 Å². The van der Waals surface area contributed by atoms with Crippen LogP contribution in [0.15, 0.2) is 11.4 Å². The molecule has 0 aromatic carbocycles. The standard InChI is InChI=1S/C19H23N5OS2/c1-10-5-6-13-14(7-10)27-19-16(13)18(20-9-21-19)26-8-15(25)22-17-11(2)23-24(4)12(17)3/h9-10H,5-8H2,1-4H3,(H,22,25)/t10-/m0/s1. The van der Waals surface area contributed by atoms with E-state index in [1.807, 2.05) is 20.9 Å².